The normalized spacial score (nSPS) is 17.3. The molecule has 1 aromatic carbocycles. The average molecular weight is 536 g/mol. The molecule has 0 aliphatic carbocycles. The minimum Gasteiger partial charge on any atom is -0.508 e. The van der Waals surface area contributed by atoms with Crippen molar-refractivity contribution in [1.29, 1.82) is 0 Å². The Morgan fingerprint density at radius 1 is 1.00 bits per heavy atom. The van der Waals surface area contributed by atoms with Crippen molar-refractivity contribution in [2.45, 2.75) is 75.5 Å². The number of benzene rings is 1. The van der Waals surface area contributed by atoms with Gasteiger partial charge in [-0.1, -0.05) is 12.1 Å². The standard InChI is InChI=1S/C25H37N5O8/c26-12-2-1-4-18(25(37)38)28-23(35)20-5-3-13-30(20)24(36)19(14-15-6-8-16(31)9-7-15)29-22(34)17(27)10-11-21(32)33/h6-9,17-20,31H,1-5,10-14,26-27H2,(H,28,35)(H,29,34)(H,32,33)(H,37,38). The van der Waals surface area contributed by atoms with E-state index >= 15 is 0 Å². The average Bonchev–Trinajstić information content (AvgIpc) is 3.37. The SMILES string of the molecule is NCCCCC(NC(=O)C1CCCN1C(=O)C(Cc1ccc(O)cc1)NC(=O)C(N)CCC(=O)O)C(=O)O. The van der Waals surface area contributed by atoms with E-state index in [2.05, 4.69) is 10.6 Å². The number of hydrogen-bond acceptors (Lipinski definition) is 8. The zero-order valence-electron chi connectivity index (χ0n) is 21.2. The van der Waals surface area contributed by atoms with Crippen LogP contribution in [0.5, 0.6) is 5.75 Å². The summed E-state index contributed by atoms with van der Waals surface area (Å²) in [5, 5.41) is 33.0. The maximum atomic E-state index is 13.6. The van der Waals surface area contributed by atoms with Crippen molar-refractivity contribution >= 4 is 29.7 Å². The number of carboxylic acids is 2. The van der Waals surface area contributed by atoms with E-state index in [1.54, 1.807) is 12.1 Å². The number of hydrogen-bond donors (Lipinski definition) is 7. The van der Waals surface area contributed by atoms with Crippen molar-refractivity contribution in [3.63, 3.8) is 0 Å². The van der Waals surface area contributed by atoms with Crippen LogP contribution in [0.3, 0.4) is 0 Å². The van der Waals surface area contributed by atoms with E-state index in [4.69, 9.17) is 16.6 Å². The first-order chi connectivity index (χ1) is 18.0. The predicted molar refractivity (Wildman–Crippen MR) is 136 cm³/mol. The molecule has 1 saturated heterocycles. The molecule has 1 aliphatic heterocycles. The van der Waals surface area contributed by atoms with E-state index in [-0.39, 0.29) is 38.0 Å². The van der Waals surface area contributed by atoms with Gasteiger partial charge < -0.3 is 42.3 Å². The van der Waals surface area contributed by atoms with Crippen LogP contribution < -0.4 is 22.1 Å². The molecule has 1 aromatic rings. The third kappa shape index (κ3) is 9.30. The number of rotatable bonds is 15. The molecule has 0 aromatic heterocycles. The summed E-state index contributed by atoms with van der Waals surface area (Å²) in [6.45, 7) is 0.633. The van der Waals surface area contributed by atoms with Gasteiger partial charge in [0.15, 0.2) is 0 Å². The number of unbranched alkanes of at least 4 members (excludes halogenated alkanes) is 1. The number of carbonyl (C=O) groups excluding carboxylic acids is 3. The van der Waals surface area contributed by atoms with Gasteiger partial charge in [0, 0.05) is 19.4 Å². The molecule has 0 saturated carbocycles. The molecule has 1 aliphatic rings. The summed E-state index contributed by atoms with van der Waals surface area (Å²) in [5.41, 5.74) is 11.9. The molecule has 1 fully saturated rings. The van der Waals surface area contributed by atoms with Gasteiger partial charge in [-0.15, -0.1) is 0 Å². The second-order valence-corrected chi connectivity index (χ2v) is 9.34. The summed E-state index contributed by atoms with van der Waals surface area (Å²) in [4.78, 5) is 63.1. The highest BCUT2D eigenvalue weighted by molar-refractivity contribution is 5.94. The molecule has 2 rings (SSSR count). The highest BCUT2D eigenvalue weighted by atomic mass is 16.4. The number of carboxylic acid groups (broad SMARTS) is 2. The van der Waals surface area contributed by atoms with Crippen molar-refractivity contribution < 1.29 is 39.3 Å². The molecule has 4 atom stereocenters. The lowest BCUT2D eigenvalue weighted by molar-refractivity contribution is -0.145. The van der Waals surface area contributed by atoms with Crippen molar-refractivity contribution in [3.05, 3.63) is 29.8 Å². The van der Waals surface area contributed by atoms with Gasteiger partial charge in [-0.25, -0.2) is 4.79 Å². The summed E-state index contributed by atoms with van der Waals surface area (Å²) in [7, 11) is 0. The molecule has 3 amide bonds. The van der Waals surface area contributed by atoms with Crippen molar-refractivity contribution in [1.82, 2.24) is 15.5 Å². The minimum absolute atomic E-state index is 0.0204. The number of phenolic OH excluding ortho intramolecular Hbond substituents is 1. The molecule has 38 heavy (non-hydrogen) atoms. The molecule has 13 nitrogen and oxygen atoms in total. The van der Waals surface area contributed by atoms with Crippen LogP contribution in [-0.4, -0.2) is 87.1 Å². The number of phenols is 1. The van der Waals surface area contributed by atoms with Crippen LogP contribution in [0, 0.1) is 0 Å². The van der Waals surface area contributed by atoms with E-state index in [0.29, 0.717) is 37.8 Å². The van der Waals surface area contributed by atoms with Gasteiger partial charge in [0.25, 0.3) is 0 Å². The minimum atomic E-state index is -1.18. The first-order valence-corrected chi connectivity index (χ1v) is 12.6. The highest BCUT2D eigenvalue weighted by Crippen LogP contribution is 2.21. The Hall–Kier alpha value is -3.71. The molecule has 0 spiro atoms. The highest BCUT2D eigenvalue weighted by Gasteiger charge is 2.39. The maximum Gasteiger partial charge on any atom is 0.326 e. The number of nitrogens with zero attached hydrogens (tertiary/aromatic N) is 1. The Morgan fingerprint density at radius 2 is 1.68 bits per heavy atom. The quantitative estimate of drug-likeness (QED) is 0.140. The molecule has 0 radical (unpaired) electrons. The Morgan fingerprint density at radius 3 is 2.29 bits per heavy atom. The van der Waals surface area contributed by atoms with Crippen molar-refractivity contribution in [3.8, 4) is 5.75 Å². The maximum absolute atomic E-state index is 13.6. The molecule has 0 bridgehead atoms. The second-order valence-electron chi connectivity index (χ2n) is 9.34. The Kier molecular flexibility index (Phi) is 12.0. The Balaban J connectivity index is 2.19. The van der Waals surface area contributed by atoms with E-state index in [1.165, 1.54) is 17.0 Å². The number of nitrogens with two attached hydrogens (primary N) is 2. The number of aliphatic carboxylic acids is 2. The van der Waals surface area contributed by atoms with Crippen LogP contribution in [0.2, 0.25) is 0 Å². The van der Waals surface area contributed by atoms with E-state index < -0.39 is 53.8 Å². The molecule has 4 unspecified atom stereocenters. The smallest absolute Gasteiger partial charge is 0.326 e. The summed E-state index contributed by atoms with van der Waals surface area (Å²) < 4.78 is 0. The monoisotopic (exact) mass is 535 g/mol. The van der Waals surface area contributed by atoms with Crippen molar-refractivity contribution in [2.24, 2.45) is 11.5 Å². The molecule has 13 heteroatoms. The molecule has 9 N–H and O–H groups in total. The largest absolute Gasteiger partial charge is 0.508 e. The lowest BCUT2D eigenvalue weighted by atomic mass is 10.0. The number of amides is 3. The van der Waals surface area contributed by atoms with Gasteiger partial charge in [0.2, 0.25) is 17.7 Å². The summed E-state index contributed by atoms with van der Waals surface area (Å²) >= 11 is 0. The molecular weight excluding hydrogens is 498 g/mol. The lowest BCUT2D eigenvalue weighted by Crippen LogP contribution is -2.57. The topological polar surface area (TPSA) is 225 Å². The van der Waals surface area contributed by atoms with Gasteiger partial charge in [0.05, 0.1) is 6.04 Å². The second kappa shape index (κ2) is 14.9. The summed E-state index contributed by atoms with van der Waals surface area (Å²) in [5.74, 6) is -4.13. The first kappa shape index (κ1) is 30.5. The fraction of sp³-hybridized carbons (Fsp3) is 0.560. The van der Waals surface area contributed by atoms with Crippen LogP contribution >= 0.6 is 0 Å². The van der Waals surface area contributed by atoms with Crippen LogP contribution in [0.1, 0.15) is 50.5 Å². The number of nitrogens with one attached hydrogen (secondary N) is 2. The molecular formula is C25H37N5O8. The van der Waals surface area contributed by atoms with Gasteiger partial charge in [-0.3, -0.25) is 19.2 Å². The van der Waals surface area contributed by atoms with E-state index in [9.17, 15) is 34.2 Å². The van der Waals surface area contributed by atoms with Crippen LogP contribution in [0.25, 0.3) is 0 Å². The van der Waals surface area contributed by atoms with E-state index in [0.717, 1.165) is 0 Å². The van der Waals surface area contributed by atoms with Crippen LogP contribution in [0.15, 0.2) is 24.3 Å². The zero-order chi connectivity index (χ0) is 28.2. The fourth-order valence-corrected chi connectivity index (χ4v) is 4.28. The van der Waals surface area contributed by atoms with E-state index in [1.807, 2.05) is 0 Å². The van der Waals surface area contributed by atoms with Crippen molar-refractivity contribution in [2.75, 3.05) is 13.1 Å². The molecule has 1 heterocycles. The summed E-state index contributed by atoms with van der Waals surface area (Å²) in [6.07, 6.45) is 1.74. The van der Waals surface area contributed by atoms with Gasteiger partial charge in [-0.2, -0.15) is 0 Å². The summed E-state index contributed by atoms with van der Waals surface area (Å²) in [6, 6.07) is 1.70. The zero-order valence-corrected chi connectivity index (χ0v) is 21.2. The van der Waals surface area contributed by atoms with Crippen LogP contribution in [0.4, 0.5) is 0 Å². The predicted octanol–water partition coefficient (Wildman–Crippen LogP) is -0.699. The van der Waals surface area contributed by atoms with Gasteiger partial charge in [-0.05, 0) is 62.8 Å². The number of aromatic hydroxyl groups is 1. The third-order valence-electron chi connectivity index (χ3n) is 6.40. The number of likely N-dealkylation sites (tertiary alicyclic amines) is 1. The number of carbonyl (C=O) groups is 5. The Bertz CT molecular complexity index is 986. The van der Waals surface area contributed by atoms with Crippen LogP contribution in [-0.2, 0) is 30.4 Å². The third-order valence-corrected chi connectivity index (χ3v) is 6.40. The first-order valence-electron chi connectivity index (χ1n) is 12.6. The Labute approximate surface area is 220 Å². The fourth-order valence-electron chi connectivity index (χ4n) is 4.28. The lowest BCUT2D eigenvalue weighted by Gasteiger charge is -2.30. The van der Waals surface area contributed by atoms with Gasteiger partial charge >= 0.3 is 11.9 Å². The molecule has 210 valence electrons. The van der Waals surface area contributed by atoms with Gasteiger partial charge in [0.1, 0.15) is 23.9 Å².